The Morgan fingerprint density at radius 1 is 0.706 bits per heavy atom. The zero-order chi connectivity index (χ0) is 11.9. The highest BCUT2D eigenvalue weighted by Crippen LogP contribution is 2.34. The van der Waals surface area contributed by atoms with Gasteiger partial charge in [0.25, 0.3) is 0 Å². The molecule has 0 saturated heterocycles. The highest BCUT2D eigenvalue weighted by Gasteiger charge is 2.36. The van der Waals surface area contributed by atoms with E-state index in [0.29, 0.717) is 12.1 Å². The quantitative estimate of drug-likeness (QED) is 0.478. The number of rotatable bonds is 0. The van der Waals surface area contributed by atoms with Crippen LogP contribution in [0.25, 0.3) is 0 Å². The third-order valence-corrected chi connectivity index (χ3v) is 1.73. The van der Waals surface area contributed by atoms with E-state index in [1.54, 1.807) is 0 Å². The van der Waals surface area contributed by atoms with Crippen LogP contribution in [-0.4, -0.2) is 18.8 Å². The van der Waals surface area contributed by atoms with E-state index in [1.165, 1.54) is 7.85 Å². The predicted octanol–water partition coefficient (Wildman–Crippen LogP) is 0.333. The van der Waals surface area contributed by atoms with Crippen molar-refractivity contribution in [2.45, 2.75) is 12.4 Å². The van der Waals surface area contributed by atoms with Gasteiger partial charge in [0.05, 0.1) is 11.1 Å². The van der Waals surface area contributed by atoms with E-state index < -0.39 is 23.5 Å². The van der Waals surface area contributed by atoms with Crippen molar-refractivity contribution in [3.8, 4) is 0 Å². The Balaban J connectivity index is 0. The first kappa shape index (κ1) is 18.2. The van der Waals surface area contributed by atoms with E-state index in [4.69, 9.17) is 0 Å². The summed E-state index contributed by atoms with van der Waals surface area (Å²) in [5, 5.41) is 0. The van der Waals surface area contributed by atoms with Crippen molar-refractivity contribution in [1.82, 2.24) is 0 Å². The van der Waals surface area contributed by atoms with Gasteiger partial charge in [0.15, 0.2) is 0 Å². The van der Waals surface area contributed by atoms with E-state index in [0.717, 1.165) is 0 Å². The van der Waals surface area contributed by atoms with Crippen molar-refractivity contribution < 1.29 is 37.3 Å². The van der Waals surface area contributed by atoms with Crippen molar-refractivity contribution in [3.05, 3.63) is 29.3 Å². The van der Waals surface area contributed by atoms with Gasteiger partial charge in [0.2, 0.25) is 0 Å². The molecule has 0 aromatic heterocycles. The van der Waals surface area contributed by atoms with Crippen molar-refractivity contribution in [2.75, 3.05) is 0 Å². The molecule has 1 aromatic rings. The number of benzene rings is 1. The van der Waals surface area contributed by atoms with Crippen LogP contribution < -0.4 is 5.46 Å². The molecule has 1 aromatic carbocycles. The van der Waals surface area contributed by atoms with E-state index >= 15 is 0 Å². The Morgan fingerprint density at radius 3 is 1.24 bits per heavy atom. The first-order chi connectivity index (χ1) is 6.60. The molecule has 0 radical (unpaired) electrons. The fraction of sp³-hybridized carbons (Fsp3) is 0.250. The monoisotopic (exact) mass is 262 g/mol. The molecule has 2 nitrogen and oxygen atoms in total. The van der Waals surface area contributed by atoms with Gasteiger partial charge in [-0.15, -0.1) is 0 Å². The molecule has 0 aliphatic heterocycles. The van der Waals surface area contributed by atoms with Crippen LogP contribution in [0.15, 0.2) is 18.2 Å². The average molecular weight is 262 g/mol. The van der Waals surface area contributed by atoms with Gasteiger partial charge >= 0.3 is 12.4 Å². The lowest BCUT2D eigenvalue weighted by Gasteiger charge is -2.12. The van der Waals surface area contributed by atoms with E-state index in [1.807, 2.05) is 0 Å². The SMILES string of the molecule is Bc1cc(C(F)(F)F)cc(C(F)(F)F)c1.O.O. The van der Waals surface area contributed by atoms with Gasteiger partial charge in [-0.3, -0.25) is 0 Å². The van der Waals surface area contributed by atoms with Crippen LogP contribution in [0.3, 0.4) is 0 Å². The van der Waals surface area contributed by atoms with Crippen LogP contribution in [-0.2, 0) is 12.4 Å². The predicted molar refractivity (Wildman–Crippen MR) is 51.9 cm³/mol. The highest BCUT2D eigenvalue weighted by molar-refractivity contribution is 6.32. The molecule has 0 fully saturated rings. The Morgan fingerprint density at radius 2 is 1.00 bits per heavy atom. The van der Waals surface area contributed by atoms with E-state index in [9.17, 15) is 26.3 Å². The molecule has 0 saturated carbocycles. The third kappa shape index (κ3) is 4.66. The Hall–Kier alpha value is -1.22. The molecule has 1 rings (SSSR count). The van der Waals surface area contributed by atoms with Crippen LogP contribution in [0.4, 0.5) is 26.3 Å². The smallest absolute Gasteiger partial charge is 0.412 e. The summed E-state index contributed by atoms with van der Waals surface area (Å²) in [6, 6.07) is 1.46. The normalized spacial score (nSPS) is 11.4. The molecule has 98 valence electrons. The van der Waals surface area contributed by atoms with Crippen molar-refractivity contribution in [1.29, 1.82) is 0 Å². The van der Waals surface area contributed by atoms with Gasteiger partial charge in [0.1, 0.15) is 7.85 Å². The van der Waals surface area contributed by atoms with Crippen LogP contribution in [0.1, 0.15) is 11.1 Å². The Bertz CT molecular complexity index is 341. The second-order valence-corrected chi connectivity index (χ2v) is 3.08. The van der Waals surface area contributed by atoms with Crippen LogP contribution >= 0.6 is 0 Å². The zero-order valence-corrected chi connectivity index (χ0v) is 8.50. The Labute approximate surface area is 93.3 Å². The third-order valence-electron chi connectivity index (χ3n) is 1.73. The van der Waals surface area contributed by atoms with E-state index in [2.05, 4.69) is 0 Å². The zero-order valence-electron chi connectivity index (χ0n) is 8.50. The molecule has 4 N–H and O–H groups in total. The molecule has 17 heavy (non-hydrogen) atoms. The average Bonchev–Trinajstić information content (AvgIpc) is 1.99. The molecular weight excluding hydrogens is 253 g/mol. The molecule has 0 unspecified atom stereocenters. The van der Waals surface area contributed by atoms with Gasteiger partial charge in [-0.25, -0.2) is 0 Å². The lowest BCUT2D eigenvalue weighted by atomic mass is 9.91. The van der Waals surface area contributed by atoms with Gasteiger partial charge in [-0.05, 0) is 6.07 Å². The second-order valence-electron chi connectivity index (χ2n) is 3.08. The lowest BCUT2D eigenvalue weighted by Crippen LogP contribution is -2.16. The minimum absolute atomic E-state index is 0. The van der Waals surface area contributed by atoms with E-state index in [-0.39, 0.29) is 22.5 Å². The Kier molecular flexibility index (Phi) is 5.78. The maximum atomic E-state index is 12.2. The second kappa shape index (κ2) is 5.41. The fourth-order valence-corrected chi connectivity index (χ4v) is 1.11. The molecule has 0 aliphatic rings. The summed E-state index contributed by atoms with van der Waals surface area (Å²) in [4.78, 5) is 0. The molecule has 0 amide bonds. The lowest BCUT2D eigenvalue weighted by molar-refractivity contribution is -0.142. The molecule has 0 heterocycles. The molecular formula is C8H9BF6O2. The summed E-state index contributed by atoms with van der Waals surface area (Å²) in [5.41, 5.74) is -2.64. The number of hydrogen-bond acceptors (Lipinski definition) is 0. The molecule has 0 atom stereocenters. The fourth-order valence-electron chi connectivity index (χ4n) is 1.11. The molecule has 9 heteroatoms. The number of halogens is 6. The number of alkyl halides is 6. The van der Waals surface area contributed by atoms with Crippen LogP contribution in [0, 0.1) is 0 Å². The summed E-state index contributed by atoms with van der Waals surface area (Å²) < 4.78 is 73.0. The van der Waals surface area contributed by atoms with Crippen molar-refractivity contribution >= 4 is 13.3 Å². The largest absolute Gasteiger partial charge is 0.416 e. The first-order valence-electron chi connectivity index (χ1n) is 3.87. The van der Waals surface area contributed by atoms with Gasteiger partial charge in [-0.1, -0.05) is 17.6 Å². The first-order valence-corrected chi connectivity index (χ1v) is 3.87. The van der Waals surface area contributed by atoms with Gasteiger partial charge in [-0.2, -0.15) is 26.3 Å². The molecule has 0 aliphatic carbocycles. The molecule has 0 bridgehead atoms. The molecule has 0 spiro atoms. The van der Waals surface area contributed by atoms with Crippen molar-refractivity contribution in [3.63, 3.8) is 0 Å². The standard InChI is InChI=1S/C8H5BF6.2H2O/c9-6-2-4(7(10,11)12)1-5(3-6)8(13,14)15;;/h1-3H,9H2;2*1H2. The maximum Gasteiger partial charge on any atom is 0.416 e. The van der Waals surface area contributed by atoms with Crippen LogP contribution in [0.5, 0.6) is 0 Å². The topological polar surface area (TPSA) is 63.0 Å². The summed E-state index contributed by atoms with van der Waals surface area (Å²) in [5.74, 6) is 0. The summed E-state index contributed by atoms with van der Waals surface area (Å²) in [6.45, 7) is 0. The number of hydrogen-bond donors (Lipinski definition) is 0. The van der Waals surface area contributed by atoms with Crippen molar-refractivity contribution in [2.24, 2.45) is 0 Å². The summed E-state index contributed by atoms with van der Waals surface area (Å²) >= 11 is 0. The minimum Gasteiger partial charge on any atom is -0.412 e. The minimum atomic E-state index is -4.76. The van der Waals surface area contributed by atoms with Gasteiger partial charge in [0, 0.05) is 0 Å². The van der Waals surface area contributed by atoms with Gasteiger partial charge < -0.3 is 11.0 Å². The maximum absolute atomic E-state index is 12.2. The summed E-state index contributed by atoms with van der Waals surface area (Å²) in [6.07, 6.45) is -9.52. The summed E-state index contributed by atoms with van der Waals surface area (Å²) in [7, 11) is 1.18. The van der Waals surface area contributed by atoms with Crippen LogP contribution in [0.2, 0.25) is 0 Å². The highest BCUT2D eigenvalue weighted by atomic mass is 19.4.